The zero-order chi connectivity index (χ0) is 16.4. The minimum Gasteiger partial charge on any atom is -0.396 e. The number of benzene rings is 1. The van der Waals surface area contributed by atoms with Crippen LogP contribution in [0.1, 0.15) is 13.3 Å². The predicted octanol–water partition coefficient (Wildman–Crippen LogP) is 1.04. The van der Waals surface area contributed by atoms with E-state index in [1.54, 1.807) is 36.0 Å². The van der Waals surface area contributed by atoms with E-state index in [1.807, 2.05) is 13.2 Å². The number of hydrazine groups is 1. The quantitative estimate of drug-likeness (QED) is 0.206. The second-order valence-corrected chi connectivity index (χ2v) is 5.29. The Morgan fingerprint density at radius 1 is 1.23 bits per heavy atom. The SMILES string of the molecule is CSC(C)=Nc1ccc(NNC(=O)C(=O)NCCCO)cc1. The molecule has 0 aromatic heterocycles. The van der Waals surface area contributed by atoms with E-state index in [1.165, 1.54) is 0 Å². The maximum Gasteiger partial charge on any atom is 0.327 e. The van der Waals surface area contributed by atoms with Crippen LogP contribution >= 0.6 is 11.8 Å². The molecule has 7 nitrogen and oxygen atoms in total. The molecule has 120 valence electrons. The Morgan fingerprint density at radius 3 is 2.50 bits per heavy atom. The van der Waals surface area contributed by atoms with Gasteiger partial charge in [-0.15, -0.1) is 11.8 Å². The van der Waals surface area contributed by atoms with E-state index in [0.29, 0.717) is 12.1 Å². The fourth-order valence-corrected chi connectivity index (χ4v) is 1.59. The molecule has 0 bridgehead atoms. The van der Waals surface area contributed by atoms with Crippen molar-refractivity contribution in [2.45, 2.75) is 13.3 Å². The first-order valence-corrected chi connectivity index (χ1v) is 7.93. The summed E-state index contributed by atoms with van der Waals surface area (Å²) in [5.74, 6) is -1.55. The lowest BCUT2D eigenvalue weighted by Crippen LogP contribution is -2.42. The van der Waals surface area contributed by atoms with Crippen LogP contribution in [-0.4, -0.2) is 41.4 Å². The zero-order valence-electron chi connectivity index (χ0n) is 12.5. The van der Waals surface area contributed by atoms with Gasteiger partial charge in [0.25, 0.3) is 0 Å². The summed E-state index contributed by atoms with van der Waals surface area (Å²) in [6, 6.07) is 7.10. The molecule has 1 aromatic rings. The van der Waals surface area contributed by atoms with E-state index in [-0.39, 0.29) is 13.2 Å². The number of hydrogen-bond acceptors (Lipinski definition) is 6. The van der Waals surface area contributed by atoms with Crippen molar-refractivity contribution in [3.05, 3.63) is 24.3 Å². The fourth-order valence-electron chi connectivity index (χ4n) is 1.39. The average molecular weight is 324 g/mol. The van der Waals surface area contributed by atoms with Crippen molar-refractivity contribution < 1.29 is 14.7 Å². The van der Waals surface area contributed by atoms with Crippen LogP contribution in [0.15, 0.2) is 29.3 Å². The number of nitrogens with one attached hydrogen (secondary N) is 3. The van der Waals surface area contributed by atoms with Gasteiger partial charge in [0, 0.05) is 13.2 Å². The minimum atomic E-state index is -0.793. The maximum atomic E-state index is 11.5. The van der Waals surface area contributed by atoms with Gasteiger partial charge in [0.05, 0.1) is 16.4 Å². The number of aliphatic imine (C=N–C) groups is 1. The molecule has 0 heterocycles. The molecule has 0 fully saturated rings. The van der Waals surface area contributed by atoms with Gasteiger partial charge in [-0.1, -0.05) is 0 Å². The second-order valence-electron chi connectivity index (χ2n) is 4.29. The van der Waals surface area contributed by atoms with Crippen LogP contribution < -0.4 is 16.2 Å². The van der Waals surface area contributed by atoms with Gasteiger partial charge in [0.15, 0.2) is 0 Å². The zero-order valence-corrected chi connectivity index (χ0v) is 13.4. The lowest BCUT2D eigenvalue weighted by Gasteiger charge is -2.08. The smallest absolute Gasteiger partial charge is 0.327 e. The molecule has 0 saturated carbocycles. The normalized spacial score (nSPS) is 11.0. The number of aliphatic hydroxyl groups excluding tert-OH is 1. The molecule has 0 atom stereocenters. The van der Waals surface area contributed by atoms with E-state index < -0.39 is 11.8 Å². The Kier molecular flexibility index (Phi) is 8.01. The topological polar surface area (TPSA) is 103 Å². The third kappa shape index (κ3) is 6.59. The first-order valence-electron chi connectivity index (χ1n) is 6.71. The highest BCUT2D eigenvalue weighted by molar-refractivity contribution is 8.13. The Bertz CT molecular complexity index is 531. The van der Waals surface area contributed by atoms with Crippen molar-refractivity contribution in [3.8, 4) is 0 Å². The number of aliphatic hydroxyl groups is 1. The summed E-state index contributed by atoms with van der Waals surface area (Å²) in [5, 5.41) is 11.9. The lowest BCUT2D eigenvalue weighted by molar-refractivity contribution is -0.138. The first kappa shape index (κ1) is 18.0. The number of carbonyl (C=O) groups excluding carboxylic acids is 2. The van der Waals surface area contributed by atoms with E-state index in [0.717, 1.165) is 10.7 Å². The third-order valence-corrected chi connectivity index (χ3v) is 3.28. The van der Waals surface area contributed by atoms with Crippen molar-refractivity contribution in [1.29, 1.82) is 0 Å². The van der Waals surface area contributed by atoms with E-state index in [9.17, 15) is 9.59 Å². The molecule has 22 heavy (non-hydrogen) atoms. The molecule has 0 aliphatic rings. The Balaban J connectivity index is 2.44. The molecular formula is C14H20N4O3S. The summed E-state index contributed by atoms with van der Waals surface area (Å²) in [5.41, 5.74) is 6.39. The van der Waals surface area contributed by atoms with Crippen molar-refractivity contribution in [1.82, 2.24) is 10.7 Å². The Labute approximate surface area is 133 Å². The Hall–Kier alpha value is -2.06. The molecule has 0 aliphatic carbocycles. The van der Waals surface area contributed by atoms with Crippen molar-refractivity contribution in [2.75, 3.05) is 24.8 Å². The van der Waals surface area contributed by atoms with E-state index >= 15 is 0 Å². The molecule has 0 spiro atoms. The first-order chi connectivity index (χ1) is 10.6. The predicted molar refractivity (Wildman–Crippen MR) is 89.2 cm³/mol. The van der Waals surface area contributed by atoms with Crippen LogP contribution in [-0.2, 0) is 9.59 Å². The van der Waals surface area contributed by atoms with Crippen LogP contribution in [0.4, 0.5) is 11.4 Å². The number of rotatable bonds is 6. The van der Waals surface area contributed by atoms with Crippen LogP contribution in [0.25, 0.3) is 0 Å². The van der Waals surface area contributed by atoms with E-state index in [2.05, 4.69) is 21.2 Å². The highest BCUT2D eigenvalue weighted by Gasteiger charge is 2.11. The van der Waals surface area contributed by atoms with Crippen LogP contribution in [0.5, 0.6) is 0 Å². The summed E-state index contributed by atoms with van der Waals surface area (Å²) in [6.07, 6.45) is 2.36. The molecule has 1 aromatic carbocycles. The molecular weight excluding hydrogens is 304 g/mol. The van der Waals surface area contributed by atoms with Gasteiger partial charge in [-0.05, 0) is 43.9 Å². The largest absolute Gasteiger partial charge is 0.396 e. The van der Waals surface area contributed by atoms with Gasteiger partial charge in [0.2, 0.25) is 0 Å². The van der Waals surface area contributed by atoms with Gasteiger partial charge in [-0.2, -0.15) is 0 Å². The van der Waals surface area contributed by atoms with Gasteiger partial charge in [0.1, 0.15) is 0 Å². The lowest BCUT2D eigenvalue weighted by atomic mass is 10.3. The highest BCUT2D eigenvalue weighted by atomic mass is 32.2. The van der Waals surface area contributed by atoms with Crippen molar-refractivity contribution >= 4 is 40.0 Å². The molecule has 0 aliphatic heterocycles. The molecule has 0 saturated heterocycles. The summed E-state index contributed by atoms with van der Waals surface area (Å²) in [6.45, 7) is 2.14. The minimum absolute atomic E-state index is 0.0367. The number of nitrogens with zero attached hydrogens (tertiary/aromatic N) is 1. The maximum absolute atomic E-state index is 11.5. The van der Waals surface area contributed by atoms with Gasteiger partial charge in [-0.3, -0.25) is 20.4 Å². The summed E-state index contributed by atoms with van der Waals surface area (Å²) in [4.78, 5) is 27.2. The second kappa shape index (κ2) is 9.80. The molecule has 8 heteroatoms. The summed E-state index contributed by atoms with van der Waals surface area (Å²) >= 11 is 1.57. The molecule has 1 rings (SSSR count). The Morgan fingerprint density at radius 2 is 1.91 bits per heavy atom. The monoisotopic (exact) mass is 324 g/mol. The molecule has 4 N–H and O–H groups in total. The van der Waals surface area contributed by atoms with Crippen molar-refractivity contribution in [3.63, 3.8) is 0 Å². The number of carbonyl (C=O) groups is 2. The number of amides is 2. The van der Waals surface area contributed by atoms with Gasteiger partial charge >= 0.3 is 11.8 Å². The summed E-state index contributed by atoms with van der Waals surface area (Å²) < 4.78 is 0. The third-order valence-electron chi connectivity index (χ3n) is 2.60. The molecule has 0 radical (unpaired) electrons. The van der Waals surface area contributed by atoms with Crippen LogP contribution in [0.2, 0.25) is 0 Å². The molecule has 0 unspecified atom stereocenters. The number of anilines is 1. The average Bonchev–Trinajstić information content (AvgIpc) is 2.53. The van der Waals surface area contributed by atoms with Crippen molar-refractivity contribution in [2.24, 2.45) is 4.99 Å². The van der Waals surface area contributed by atoms with Gasteiger partial charge in [-0.25, -0.2) is 4.99 Å². The van der Waals surface area contributed by atoms with Crippen LogP contribution in [0.3, 0.4) is 0 Å². The standard InChI is InChI=1S/C14H20N4O3S/c1-10(22-2)16-11-4-6-12(7-5-11)17-18-14(21)13(20)15-8-3-9-19/h4-7,17,19H,3,8-9H2,1-2H3,(H,15,20)(H,18,21). The molecule has 2 amide bonds. The van der Waals surface area contributed by atoms with E-state index in [4.69, 9.17) is 5.11 Å². The van der Waals surface area contributed by atoms with Gasteiger partial charge < -0.3 is 10.4 Å². The van der Waals surface area contributed by atoms with Crippen LogP contribution in [0, 0.1) is 0 Å². The summed E-state index contributed by atoms with van der Waals surface area (Å²) in [7, 11) is 0. The highest BCUT2D eigenvalue weighted by Crippen LogP contribution is 2.17. The number of hydrogen-bond donors (Lipinski definition) is 4. The number of thioether (sulfide) groups is 1. The fraction of sp³-hybridized carbons (Fsp3) is 0.357.